The normalized spacial score (nSPS) is 23.6. The molecule has 4 heteroatoms. The van der Waals surface area contributed by atoms with Crippen LogP contribution in [0.3, 0.4) is 0 Å². The lowest BCUT2D eigenvalue weighted by Gasteiger charge is -2.32. The molecule has 2 aliphatic heterocycles. The maximum Gasteiger partial charge on any atom is 0.255 e. The van der Waals surface area contributed by atoms with Crippen molar-refractivity contribution in [2.45, 2.75) is 32.0 Å². The maximum absolute atomic E-state index is 12.8. The second kappa shape index (κ2) is 5.88. The fourth-order valence-corrected chi connectivity index (χ4v) is 3.03. The third-order valence-electron chi connectivity index (χ3n) is 4.04. The number of amides is 1. The molecule has 110 valence electrons. The molecule has 21 heavy (non-hydrogen) atoms. The van der Waals surface area contributed by atoms with Crippen LogP contribution < -0.4 is 0 Å². The minimum Gasteiger partial charge on any atom is -0.384 e. The minimum atomic E-state index is -0.205. The number of hydrogen-bond acceptors (Lipinski definition) is 3. The van der Waals surface area contributed by atoms with Crippen LogP contribution in [-0.4, -0.2) is 47.8 Å². The molecule has 0 aromatic heterocycles. The van der Waals surface area contributed by atoms with Gasteiger partial charge in [0, 0.05) is 18.7 Å². The first-order valence-electron chi connectivity index (χ1n) is 7.32. The van der Waals surface area contributed by atoms with Crippen molar-refractivity contribution in [3.05, 3.63) is 34.9 Å². The van der Waals surface area contributed by atoms with E-state index in [4.69, 9.17) is 9.84 Å². The molecule has 0 spiro atoms. The van der Waals surface area contributed by atoms with Gasteiger partial charge >= 0.3 is 0 Å². The van der Waals surface area contributed by atoms with Gasteiger partial charge in [-0.3, -0.25) is 4.79 Å². The summed E-state index contributed by atoms with van der Waals surface area (Å²) in [6, 6.07) is 5.66. The second-order valence-corrected chi connectivity index (χ2v) is 5.68. The predicted molar refractivity (Wildman–Crippen MR) is 78.9 cm³/mol. The SMILES string of the molecule is Cc1ccc(C#CCO)c(C(=O)N2CC3CCC(C2)O3)c1. The largest absolute Gasteiger partial charge is 0.384 e. The molecule has 0 aliphatic carbocycles. The molecule has 2 aliphatic rings. The molecule has 2 heterocycles. The van der Waals surface area contributed by atoms with Crippen LogP contribution in [0, 0.1) is 18.8 Å². The van der Waals surface area contributed by atoms with Gasteiger partial charge in [-0.05, 0) is 31.9 Å². The zero-order valence-electron chi connectivity index (χ0n) is 12.1. The number of aliphatic hydroxyl groups is 1. The molecule has 1 amide bonds. The molecular weight excluding hydrogens is 266 g/mol. The Morgan fingerprint density at radius 1 is 1.38 bits per heavy atom. The first-order chi connectivity index (χ1) is 10.2. The Kier molecular flexibility index (Phi) is 3.96. The molecule has 3 rings (SSSR count). The Morgan fingerprint density at radius 3 is 2.76 bits per heavy atom. The van der Waals surface area contributed by atoms with Gasteiger partial charge in [0.25, 0.3) is 5.91 Å². The van der Waals surface area contributed by atoms with Crippen LogP contribution in [0.1, 0.15) is 34.3 Å². The average molecular weight is 285 g/mol. The molecule has 1 aromatic rings. The summed E-state index contributed by atoms with van der Waals surface area (Å²) in [5, 5.41) is 8.85. The monoisotopic (exact) mass is 285 g/mol. The summed E-state index contributed by atoms with van der Waals surface area (Å²) < 4.78 is 5.78. The number of likely N-dealkylation sites (tertiary alicyclic amines) is 1. The molecule has 4 nitrogen and oxygen atoms in total. The molecule has 1 aromatic carbocycles. The van der Waals surface area contributed by atoms with Crippen LogP contribution in [0.15, 0.2) is 18.2 Å². The van der Waals surface area contributed by atoms with Crippen molar-refractivity contribution < 1.29 is 14.6 Å². The number of rotatable bonds is 1. The fraction of sp³-hybridized carbons (Fsp3) is 0.471. The lowest BCUT2D eigenvalue weighted by Crippen LogP contribution is -2.46. The van der Waals surface area contributed by atoms with E-state index in [-0.39, 0.29) is 24.7 Å². The lowest BCUT2D eigenvalue weighted by atomic mass is 10.0. The molecule has 2 bridgehead atoms. The summed E-state index contributed by atoms with van der Waals surface area (Å²) in [7, 11) is 0. The molecule has 1 N–H and O–H groups in total. The van der Waals surface area contributed by atoms with Gasteiger partial charge < -0.3 is 14.7 Å². The van der Waals surface area contributed by atoms with Crippen molar-refractivity contribution in [1.29, 1.82) is 0 Å². The van der Waals surface area contributed by atoms with Gasteiger partial charge in [0.15, 0.2) is 0 Å². The van der Waals surface area contributed by atoms with E-state index in [1.165, 1.54) is 0 Å². The Hall–Kier alpha value is -1.83. The van der Waals surface area contributed by atoms with Gasteiger partial charge in [-0.25, -0.2) is 0 Å². The van der Waals surface area contributed by atoms with Gasteiger partial charge in [0.2, 0.25) is 0 Å². The van der Waals surface area contributed by atoms with E-state index in [1.807, 2.05) is 30.0 Å². The molecule has 0 radical (unpaired) electrons. The van der Waals surface area contributed by atoms with Crippen molar-refractivity contribution in [3.8, 4) is 11.8 Å². The number of hydrogen-bond donors (Lipinski definition) is 1. The predicted octanol–water partition coefficient (Wildman–Crippen LogP) is 1.34. The number of ether oxygens (including phenoxy) is 1. The third-order valence-corrected chi connectivity index (χ3v) is 4.04. The number of carbonyl (C=O) groups excluding carboxylic acids is 1. The van der Waals surface area contributed by atoms with Crippen LogP contribution in [-0.2, 0) is 4.74 Å². The number of fused-ring (bicyclic) bond motifs is 2. The summed E-state index contributed by atoms with van der Waals surface area (Å²) in [6.45, 7) is 3.08. The quantitative estimate of drug-likeness (QED) is 0.792. The van der Waals surface area contributed by atoms with E-state index in [2.05, 4.69) is 11.8 Å². The lowest BCUT2D eigenvalue weighted by molar-refractivity contribution is -0.0303. The van der Waals surface area contributed by atoms with Crippen LogP contribution in [0.4, 0.5) is 0 Å². The van der Waals surface area contributed by atoms with Crippen molar-refractivity contribution in [3.63, 3.8) is 0 Å². The smallest absolute Gasteiger partial charge is 0.255 e. The summed E-state index contributed by atoms with van der Waals surface area (Å²) in [4.78, 5) is 14.7. The Labute approximate surface area is 124 Å². The van der Waals surface area contributed by atoms with E-state index >= 15 is 0 Å². The maximum atomic E-state index is 12.8. The molecule has 2 fully saturated rings. The van der Waals surface area contributed by atoms with Crippen LogP contribution in [0.25, 0.3) is 0 Å². The summed E-state index contributed by atoms with van der Waals surface area (Å²) in [5.74, 6) is 5.51. The molecule has 2 unspecified atom stereocenters. The fourth-order valence-electron chi connectivity index (χ4n) is 3.03. The van der Waals surface area contributed by atoms with E-state index in [1.54, 1.807) is 0 Å². The highest BCUT2D eigenvalue weighted by atomic mass is 16.5. The van der Waals surface area contributed by atoms with Crippen molar-refractivity contribution in [2.75, 3.05) is 19.7 Å². The highest BCUT2D eigenvalue weighted by molar-refractivity contribution is 5.97. The van der Waals surface area contributed by atoms with Gasteiger partial charge in [-0.2, -0.15) is 0 Å². The summed E-state index contributed by atoms with van der Waals surface area (Å²) >= 11 is 0. The third kappa shape index (κ3) is 2.94. The van der Waals surface area contributed by atoms with Gasteiger partial charge in [-0.15, -0.1) is 0 Å². The standard InChI is InChI=1S/C17H19NO3/c1-12-4-5-13(3-2-8-19)16(9-12)17(20)18-10-14-6-7-15(11-18)21-14/h4-5,9,14-15,19H,6-8,10-11H2,1H3. The van der Waals surface area contributed by atoms with Crippen LogP contribution in [0.5, 0.6) is 0 Å². The molecule has 2 saturated heterocycles. The Balaban J connectivity index is 1.88. The molecule has 0 saturated carbocycles. The van der Waals surface area contributed by atoms with E-state index < -0.39 is 0 Å². The second-order valence-electron chi connectivity index (χ2n) is 5.68. The summed E-state index contributed by atoms with van der Waals surface area (Å²) in [5.41, 5.74) is 2.33. The number of aliphatic hydroxyl groups excluding tert-OH is 1. The Morgan fingerprint density at radius 2 is 2.10 bits per heavy atom. The van der Waals surface area contributed by atoms with E-state index in [0.29, 0.717) is 24.2 Å². The number of morpholine rings is 1. The van der Waals surface area contributed by atoms with Gasteiger partial charge in [0.1, 0.15) is 6.61 Å². The van der Waals surface area contributed by atoms with Gasteiger partial charge in [-0.1, -0.05) is 23.5 Å². The molecular formula is C17H19NO3. The van der Waals surface area contributed by atoms with Crippen LogP contribution in [0.2, 0.25) is 0 Å². The van der Waals surface area contributed by atoms with Gasteiger partial charge in [0.05, 0.1) is 17.8 Å². The Bertz CT molecular complexity index is 602. The highest BCUT2D eigenvalue weighted by Gasteiger charge is 2.36. The van der Waals surface area contributed by atoms with E-state index in [0.717, 1.165) is 18.4 Å². The zero-order valence-corrected chi connectivity index (χ0v) is 12.1. The number of aryl methyl sites for hydroxylation is 1. The topological polar surface area (TPSA) is 49.8 Å². The highest BCUT2D eigenvalue weighted by Crippen LogP contribution is 2.27. The minimum absolute atomic E-state index is 0.0149. The summed E-state index contributed by atoms with van der Waals surface area (Å²) in [6.07, 6.45) is 2.45. The number of carbonyl (C=O) groups is 1. The first kappa shape index (κ1) is 14.1. The van der Waals surface area contributed by atoms with Crippen molar-refractivity contribution in [2.24, 2.45) is 0 Å². The average Bonchev–Trinajstić information content (AvgIpc) is 2.83. The molecule has 2 atom stereocenters. The van der Waals surface area contributed by atoms with Crippen LogP contribution >= 0.6 is 0 Å². The number of benzene rings is 1. The van der Waals surface area contributed by atoms with E-state index in [9.17, 15) is 4.79 Å². The number of nitrogens with zero attached hydrogens (tertiary/aromatic N) is 1. The van der Waals surface area contributed by atoms with Crippen molar-refractivity contribution >= 4 is 5.91 Å². The van der Waals surface area contributed by atoms with Crippen molar-refractivity contribution in [1.82, 2.24) is 4.90 Å². The first-order valence-corrected chi connectivity index (χ1v) is 7.32. The zero-order chi connectivity index (χ0) is 14.8.